The summed E-state index contributed by atoms with van der Waals surface area (Å²) in [6.07, 6.45) is -3.63. The molecule has 0 saturated heterocycles. The molecule has 0 aliphatic rings. The van der Waals surface area contributed by atoms with E-state index in [1.54, 1.807) is 0 Å². The van der Waals surface area contributed by atoms with E-state index in [0.29, 0.717) is 11.6 Å². The molecule has 0 aliphatic heterocycles. The summed E-state index contributed by atoms with van der Waals surface area (Å²) < 4.78 is 37.2. The smallest absolute Gasteiger partial charge is 0.351 e. The molecule has 0 bridgehead atoms. The number of hydrogen-bond acceptors (Lipinski definition) is 3. The van der Waals surface area contributed by atoms with E-state index in [-0.39, 0.29) is 11.7 Å². The van der Waals surface area contributed by atoms with Gasteiger partial charge in [-0.1, -0.05) is 41.6 Å². The number of halogens is 3. The Labute approximate surface area is 136 Å². The molecule has 2 rings (SSSR count). The van der Waals surface area contributed by atoms with Crippen LogP contribution in [0.2, 0.25) is 0 Å². The van der Waals surface area contributed by atoms with Crippen LogP contribution in [0.1, 0.15) is 16.7 Å². The van der Waals surface area contributed by atoms with Gasteiger partial charge < -0.3 is 5.32 Å². The van der Waals surface area contributed by atoms with Gasteiger partial charge in [0.05, 0.1) is 16.3 Å². The lowest BCUT2D eigenvalue weighted by Gasteiger charge is -2.07. The van der Waals surface area contributed by atoms with Gasteiger partial charge in [0.1, 0.15) is 0 Å². The number of hydrogen-bond donors (Lipinski definition) is 1. The Morgan fingerprint density at radius 3 is 2.43 bits per heavy atom. The van der Waals surface area contributed by atoms with Crippen LogP contribution < -0.4 is 5.32 Å². The molecule has 0 saturated carbocycles. The molecule has 23 heavy (non-hydrogen) atoms. The second-order valence-electron chi connectivity index (χ2n) is 4.93. The SMILES string of the molecule is Cc1ccc(CNC(=O)CSc2ccc(C(F)(F)F)cn2)cc1. The third-order valence-electron chi connectivity index (χ3n) is 3.03. The number of aryl methyl sites for hydroxylation is 1. The fourth-order valence-electron chi connectivity index (χ4n) is 1.73. The van der Waals surface area contributed by atoms with Gasteiger partial charge in [0.25, 0.3) is 0 Å². The normalized spacial score (nSPS) is 11.3. The van der Waals surface area contributed by atoms with Crippen molar-refractivity contribution in [3.63, 3.8) is 0 Å². The topological polar surface area (TPSA) is 42.0 Å². The predicted molar refractivity (Wildman–Crippen MR) is 83.0 cm³/mol. The first kappa shape index (κ1) is 17.3. The first-order chi connectivity index (χ1) is 10.8. The van der Waals surface area contributed by atoms with Crippen molar-refractivity contribution >= 4 is 17.7 Å². The minimum Gasteiger partial charge on any atom is -0.351 e. The molecule has 0 aliphatic carbocycles. The number of benzene rings is 1. The molecule has 0 radical (unpaired) electrons. The van der Waals surface area contributed by atoms with Crippen LogP contribution in [0, 0.1) is 6.92 Å². The number of rotatable bonds is 5. The van der Waals surface area contributed by atoms with Gasteiger partial charge in [0.15, 0.2) is 0 Å². The van der Waals surface area contributed by atoms with Crippen LogP contribution in [0.3, 0.4) is 0 Å². The molecule has 122 valence electrons. The summed E-state index contributed by atoms with van der Waals surface area (Å²) in [5, 5.41) is 3.13. The van der Waals surface area contributed by atoms with Gasteiger partial charge in [0, 0.05) is 12.7 Å². The van der Waals surface area contributed by atoms with E-state index in [0.717, 1.165) is 35.2 Å². The van der Waals surface area contributed by atoms with E-state index in [9.17, 15) is 18.0 Å². The molecule has 2 aromatic rings. The van der Waals surface area contributed by atoms with Gasteiger partial charge in [-0.25, -0.2) is 4.98 Å². The highest BCUT2D eigenvalue weighted by molar-refractivity contribution is 7.99. The van der Waals surface area contributed by atoms with E-state index in [2.05, 4.69) is 10.3 Å². The first-order valence-electron chi connectivity index (χ1n) is 6.83. The van der Waals surface area contributed by atoms with Crippen molar-refractivity contribution in [3.05, 3.63) is 59.3 Å². The molecule has 1 N–H and O–H groups in total. The van der Waals surface area contributed by atoms with E-state index < -0.39 is 11.7 Å². The van der Waals surface area contributed by atoms with E-state index in [4.69, 9.17) is 0 Å². The second kappa shape index (κ2) is 7.50. The van der Waals surface area contributed by atoms with Crippen LogP contribution in [-0.2, 0) is 17.5 Å². The number of pyridine rings is 1. The molecular formula is C16H15F3N2OS. The number of amides is 1. The maximum atomic E-state index is 12.4. The lowest BCUT2D eigenvalue weighted by Crippen LogP contribution is -2.24. The summed E-state index contributed by atoms with van der Waals surface area (Å²) in [7, 11) is 0. The summed E-state index contributed by atoms with van der Waals surface area (Å²) in [6.45, 7) is 2.40. The maximum Gasteiger partial charge on any atom is 0.417 e. The molecular weight excluding hydrogens is 325 g/mol. The van der Waals surface area contributed by atoms with Crippen molar-refractivity contribution in [1.29, 1.82) is 0 Å². The summed E-state index contributed by atoms with van der Waals surface area (Å²) in [5.41, 5.74) is 1.33. The highest BCUT2D eigenvalue weighted by Gasteiger charge is 2.30. The van der Waals surface area contributed by atoms with Crippen LogP contribution >= 0.6 is 11.8 Å². The van der Waals surface area contributed by atoms with Crippen LogP contribution in [0.5, 0.6) is 0 Å². The fraction of sp³-hybridized carbons (Fsp3) is 0.250. The third kappa shape index (κ3) is 5.59. The number of alkyl halides is 3. The Kier molecular flexibility index (Phi) is 5.65. The Morgan fingerprint density at radius 2 is 1.87 bits per heavy atom. The highest BCUT2D eigenvalue weighted by Crippen LogP contribution is 2.29. The van der Waals surface area contributed by atoms with Crippen molar-refractivity contribution in [2.24, 2.45) is 0 Å². The summed E-state index contributed by atoms with van der Waals surface area (Å²) in [4.78, 5) is 15.5. The average molecular weight is 340 g/mol. The van der Waals surface area contributed by atoms with Crippen LogP contribution in [-0.4, -0.2) is 16.6 Å². The van der Waals surface area contributed by atoms with Crippen molar-refractivity contribution in [2.75, 3.05) is 5.75 Å². The van der Waals surface area contributed by atoms with Gasteiger partial charge in [0.2, 0.25) is 5.91 Å². The number of nitrogens with zero attached hydrogens (tertiary/aromatic N) is 1. The zero-order chi connectivity index (χ0) is 16.9. The van der Waals surface area contributed by atoms with E-state index >= 15 is 0 Å². The van der Waals surface area contributed by atoms with Gasteiger partial charge in [-0.15, -0.1) is 0 Å². The van der Waals surface area contributed by atoms with E-state index in [1.807, 2.05) is 31.2 Å². The molecule has 1 aromatic carbocycles. The van der Waals surface area contributed by atoms with Gasteiger partial charge in [-0.2, -0.15) is 13.2 Å². The average Bonchev–Trinajstić information content (AvgIpc) is 2.52. The molecule has 1 heterocycles. The van der Waals surface area contributed by atoms with Gasteiger partial charge in [-0.05, 0) is 24.6 Å². The number of carbonyl (C=O) groups is 1. The molecule has 1 aromatic heterocycles. The van der Waals surface area contributed by atoms with Crippen molar-refractivity contribution in [1.82, 2.24) is 10.3 Å². The second-order valence-corrected chi connectivity index (χ2v) is 5.93. The Balaban J connectivity index is 1.79. The first-order valence-corrected chi connectivity index (χ1v) is 7.81. The third-order valence-corrected chi connectivity index (χ3v) is 3.97. The predicted octanol–water partition coefficient (Wildman–Crippen LogP) is 3.82. The standard InChI is InChI=1S/C16H15F3N2OS/c1-11-2-4-12(5-3-11)8-20-14(22)10-23-15-7-6-13(9-21-15)16(17,18)19/h2-7,9H,8,10H2,1H3,(H,20,22). The summed E-state index contributed by atoms with van der Waals surface area (Å²) in [6, 6.07) is 10.0. The fourth-order valence-corrected chi connectivity index (χ4v) is 2.40. The number of thioether (sulfide) groups is 1. The van der Waals surface area contributed by atoms with Crippen molar-refractivity contribution < 1.29 is 18.0 Å². The minimum atomic E-state index is -4.40. The van der Waals surface area contributed by atoms with Gasteiger partial charge >= 0.3 is 6.18 Å². The highest BCUT2D eigenvalue weighted by atomic mass is 32.2. The molecule has 1 amide bonds. The quantitative estimate of drug-likeness (QED) is 0.842. The monoisotopic (exact) mass is 340 g/mol. The molecule has 0 atom stereocenters. The van der Waals surface area contributed by atoms with Crippen molar-refractivity contribution in [3.8, 4) is 0 Å². The lowest BCUT2D eigenvalue weighted by atomic mass is 10.1. The zero-order valence-electron chi connectivity index (χ0n) is 12.4. The number of nitrogens with one attached hydrogen (secondary N) is 1. The Hall–Kier alpha value is -2.02. The van der Waals surface area contributed by atoms with Crippen LogP contribution in [0.25, 0.3) is 0 Å². The molecule has 0 unspecified atom stereocenters. The van der Waals surface area contributed by atoms with Crippen molar-refractivity contribution in [2.45, 2.75) is 24.7 Å². The van der Waals surface area contributed by atoms with Crippen LogP contribution in [0.15, 0.2) is 47.6 Å². The zero-order valence-corrected chi connectivity index (χ0v) is 13.2. The number of carbonyl (C=O) groups excluding carboxylic acids is 1. The Morgan fingerprint density at radius 1 is 1.17 bits per heavy atom. The number of aromatic nitrogens is 1. The van der Waals surface area contributed by atoms with E-state index in [1.165, 1.54) is 6.07 Å². The van der Waals surface area contributed by atoms with Gasteiger partial charge in [-0.3, -0.25) is 4.79 Å². The lowest BCUT2D eigenvalue weighted by molar-refractivity contribution is -0.137. The molecule has 0 fully saturated rings. The molecule has 0 spiro atoms. The van der Waals surface area contributed by atoms with Crippen LogP contribution in [0.4, 0.5) is 13.2 Å². The maximum absolute atomic E-state index is 12.4. The molecule has 3 nitrogen and oxygen atoms in total. The minimum absolute atomic E-state index is 0.101. The summed E-state index contributed by atoms with van der Waals surface area (Å²) >= 11 is 1.09. The Bertz CT molecular complexity index is 655. The molecule has 7 heteroatoms. The summed E-state index contributed by atoms with van der Waals surface area (Å²) in [5.74, 6) is -0.0956. The largest absolute Gasteiger partial charge is 0.417 e.